The zero-order chi connectivity index (χ0) is 19.2. The Morgan fingerprint density at radius 1 is 1.11 bits per heavy atom. The predicted molar refractivity (Wildman–Crippen MR) is 105 cm³/mol. The van der Waals surface area contributed by atoms with Crippen molar-refractivity contribution in [2.24, 2.45) is 0 Å². The van der Waals surface area contributed by atoms with Crippen molar-refractivity contribution in [3.05, 3.63) is 59.3 Å². The van der Waals surface area contributed by atoms with Crippen molar-refractivity contribution in [3.8, 4) is 5.75 Å². The number of nitrogens with zero attached hydrogens (tertiary/aromatic N) is 2. The zero-order valence-corrected chi connectivity index (χ0v) is 16.0. The summed E-state index contributed by atoms with van der Waals surface area (Å²) in [5.74, 6) is 0.534. The second kappa shape index (κ2) is 8.68. The first-order valence-electron chi connectivity index (χ1n) is 8.94. The van der Waals surface area contributed by atoms with Crippen molar-refractivity contribution in [1.29, 1.82) is 0 Å². The summed E-state index contributed by atoms with van der Waals surface area (Å²) in [6.45, 7) is 1.19. The van der Waals surface area contributed by atoms with Gasteiger partial charge in [-0.25, -0.2) is 0 Å². The number of fused-ring (bicyclic) bond motifs is 1. The number of likely N-dealkylation sites (N-methyl/N-ethyl adjacent to an activating group) is 1. The van der Waals surface area contributed by atoms with Gasteiger partial charge in [-0.05, 0) is 49.5 Å². The molecule has 0 aliphatic carbocycles. The van der Waals surface area contributed by atoms with Crippen LogP contribution < -0.4 is 4.74 Å². The first-order chi connectivity index (χ1) is 13.0. The number of ether oxygens (including phenoxy) is 2. The predicted octanol–water partition coefficient (Wildman–Crippen LogP) is 2.96. The average molecular weight is 367 g/mol. The lowest BCUT2D eigenvalue weighted by atomic mass is 10.1. The van der Waals surface area contributed by atoms with Crippen LogP contribution in [0.4, 0.5) is 0 Å². The van der Waals surface area contributed by atoms with Crippen LogP contribution in [0.15, 0.2) is 42.5 Å². The second-order valence-corrected chi connectivity index (χ2v) is 6.79. The summed E-state index contributed by atoms with van der Waals surface area (Å²) < 4.78 is 10.5. The fraction of sp³-hybridized carbons (Fsp3) is 0.333. The lowest BCUT2D eigenvalue weighted by Gasteiger charge is -2.08. The van der Waals surface area contributed by atoms with Gasteiger partial charge in [0, 0.05) is 24.0 Å². The summed E-state index contributed by atoms with van der Waals surface area (Å²) in [6.07, 6.45) is 1.12. The number of aromatic amines is 1. The van der Waals surface area contributed by atoms with E-state index in [1.54, 1.807) is 7.11 Å². The topological polar surface area (TPSA) is 67.5 Å². The minimum absolute atomic E-state index is 0.240. The van der Waals surface area contributed by atoms with Crippen LogP contribution in [0.1, 0.15) is 16.8 Å². The van der Waals surface area contributed by atoms with E-state index in [0.29, 0.717) is 0 Å². The molecule has 27 heavy (non-hydrogen) atoms. The molecular weight excluding hydrogens is 342 g/mol. The Morgan fingerprint density at radius 2 is 1.85 bits per heavy atom. The van der Waals surface area contributed by atoms with Crippen molar-refractivity contribution >= 4 is 16.9 Å². The molecule has 0 aliphatic heterocycles. The van der Waals surface area contributed by atoms with E-state index in [1.807, 2.05) is 56.6 Å². The summed E-state index contributed by atoms with van der Waals surface area (Å²) in [5.41, 5.74) is 3.86. The number of nitrogens with one attached hydrogen (secondary N) is 1. The third-order valence-corrected chi connectivity index (χ3v) is 4.41. The van der Waals surface area contributed by atoms with Crippen molar-refractivity contribution < 1.29 is 14.3 Å². The van der Waals surface area contributed by atoms with Gasteiger partial charge in [0.05, 0.1) is 19.0 Å². The van der Waals surface area contributed by atoms with E-state index < -0.39 is 0 Å². The summed E-state index contributed by atoms with van der Waals surface area (Å²) in [7, 11) is 5.71. The molecule has 0 saturated heterocycles. The van der Waals surface area contributed by atoms with Crippen molar-refractivity contribution in [2.75, 3.05) is 27.7 Å². The number of H-pyrrole nitrogens is 1. The number of rotatable bonds is 8. The van der Waals surface area contributed by atoms with Crippen LogP contribution in [0.25, 0.3) is 10.9 Å². The van der Waals surface area contributed by atoms with E-state index in [4.69, 9.17) is 9.47 Å². The first-order valence-corrected chi connectivity index (χ1v) is 8.94. The van der Waals surface area contributed by atoms with Gasteiger partial charge in [-0.2, -0.15) is 5.10 Å². The summed E-state index contributed by atoms with van der Waals surface area (Å²) in [4.78, 5) is 14.3. The van der Waals surface area contributed by atoms with Crippen LogP contribution in [0.5, 0.6) is 5.75 Å². The molecular formula is C21H25N3O3. The molecule has 0 radical (unpaired) electrons. The van der Waals surface area contributed by atoms with Crippen LogP contribution in [-0.2, 0) is 29.0 Å². The minimum Gasteiger partial charge on any atom is -0.497 e. The highest BCUT2D eigenvalue weighted by atomic mass is 16.5. The van der Waals surface area contributed by atoms with Gasteiger partial charge in [0.15, 0.2) is 0 Å². The van der Waals surface area contributed by atoms with E-state index >= 15 is 0 Å². The molecule has 142 valence electrons. The van der Waals surface area contributed by atoms with Gasteiger partial charge in [-0.1, -0.05) is 18.2 Å². The normalized spacial score (nSPS) is 11.1. The minimum atomic E-state index is -0.247. The smallest absolute Gasteiger partial charge is 0.310 e. The molecule has 2 aromatic carbocycles. The molecule has 3 rings (SSSR count). The number of carbonyl (C=O) groups is 1. The molecule has 1 N–H and O–H groups in total. The Morgan fingerprint density at radius 3 is 2.56 bits per heavy atom. The van der Waals surface area contributed by atoms with Crippen LogP contribution >= 0.6 is 0 Å². The molecule has 0 bridgehead atoms. The molecule has 0 saturated carbocycles. The highest BCUT2D eigenvalue weighted by Gasteiger charge is 2.10. The summed E-state index contributed by atoms with van der Waals surface area (Å²) >= 11 is 0. The van der Waals surface area contributed by atoms with Gasteiger partial charge in [0.2, 0.25) is 0 Å². The van der Waals surface area contributed by atoms with Gasteiger partial charge in [-0.3, -0.25) is 9.89 Å². The molecule has 0 atom stereocenters. The Bertz CT molecular complexity index is 901. The van der Waals surface area contributed by atoms with E-state index in [9.17, 15) is 4.79 Å². The lowest BCUT2D eigenvalue weighted by molar-refractivity contribution is -0.144. The number of aromatic nitrogens is 2. The fourth-order valence-corrected chi connectivity index (χ4v) is 2.85. The van der Waals surface area contributed by atoms with Crippen LogP contribution in [0.2, 0.25) is 0 Å². The van der Waals surface area contributed by atoms with E-state index in [1.165, 1.54) is 0 Å². The van der Waals surface area contributed by atoms with Crippen LogP contribution in [0, 0.1) is 0 Å². The summed E-state index contributed by atoms with van der Waals surface area (Å²) in [6, 6.07) is 13.4. The Balaban J connectivity index is 1.61. The molecule has 0 aliphatic rings. The maximum atomic E-state index is 12.2. The van der Waals surface area contributed by atoms with Crippen LogP contribution in [0.3, 0.4) is 0 Å². The lowest BCUT2D eigenvalue weighted by Crippen LogP contribution is -2.15. The Kier molecular flexibility index (Phi) is 6.08. The fourth-order valence-electron chi connectivity index (χ4n) is 2.85. The van der Waals surface area contributed by atoms with Gasteiger partial charge >= 0.3 is 5.97 Å². The number of carbonyl (C=O) groups excluding carboxylic acids is 1. The SMILES string of the molecule is COc1ccc(COC(=O)Cc2ccc3n[nH]c(CCN(C)C)c3c2)cc1. The molecule has 3 aromatic rings. The van der Waals surface area contributed by atoms with Gasteiger partial charge < -0.3 is 14.4 Å². The van der Waals surface area contributed by atoms with Crippen molar-refractivity contribution in [1.82, 2.24) is 15.1 Å². The number of benzene rings is 2. The third-order valence-electron chi connectivity index (χ3n) is 4.41. The molecule has 0 unspecified atom stereocenters. The number of methoxy groups -OCH3 is 1. The van der Waals surface area contributed by atoms with Crippen molar-refractivity contribution in [2.45, 2.75) is 19.4 Å². The largest absolute Gasteiger partial charge is 0.497 e. The highest BCUT2D eigenvalue weighted by Crippen LogP contribution is 2.19. The molecule has 0 fully saturated rings. The maximum Gasteiger partial charge on any atom is 0.310 e. The molecule has 6 nitrogen and oxygen atoms in total. The summed E-state index contributed by atoms with van der Waals surface area (Å²) in [5, 5.41) is 8.51. The second-order valence-electron chi connectivity index (χ2n) is 6.79. The first kappa shape index (κ1) is 18.9. The van der Waals surface area contributed by atoms with E-state index in [-0.39, 0.29) is 19.0 Å². The maximum absolute atomic E-state index is 12.2. The highest BCUT2D eigenvalue weighted by molar-refractivity contribution is 5.83. The number of hydrogen-bond acceptors (Lipinski definition) is 5. The molecule has 0 spiro atoms. The Hall–Kier alpha value is -2.86. The van der Waals surface area contributed by atoms with Gasteiger partial charge in [0.1, 0.15) is 12.4 Å². The van der Waals surface area contributed by atoms with E-state index in [0.717, 1.165) is 46.4 Å². The molecule has 1 heterocycles. The third kappa shape index (κ3) is 5.08. The average Bonchev–Trinajstić information content (AvgIpc) is 3.07. The Labute approximate surface area is 159 Å². The molecule has 1 aromatic heterocycles. The van der Waals surface area contributed by atoms with Crippen molar-refractivity contribution in [3.63, 3.8) is 0 Å². The monoisotopic (exact) mass is 367 g/mol. The molecule has 0 amide bonds. The zero-order valence-electron chi connectivity index (χ0n) is 16.0. The van der Waals surface area contributed by atoms with E-state index in [2.05, 4.69) is 15.1 Å². The number of esters is 1. The standard InChI is InChI=1S/C21H25N3O3/c1-24(2)11-10-20-18-12-16(6-9-19(18)22-23-20)13-21(25)27-14-15-4-7-17(26-3)8-5-15/h4-9,12H,10-11,13-14H2,1-3H3,(H,22,23). The van der Waals surface area contributed by atoms with Gasteiger partial charge in [-0.15, -0.1) is 0 Å². The van der Waals surface area contributed by atoms with Gasteiger partial charge in [0.25, 0.3) is 0 Å². The number of hydrogen-bond donors (Lipinski definition) is 1. The molecule has 6 heteroatoms. The van der Waals surface area contributed by atoms with Crippen LogP contribution in [-0.4, -0.2) is 48.8 Å². The quantitative estimate of drug-likeness (QED) is 0.620.